The quantitative estimate of drug-likeness (QED) is 0.506. The summed E-state index contributed by atoms with van der Waals surface area (Å²) in [7, 11) is 0. The van der Waals surface area contributed by atoms with Crippen molar-refractivity contribution in [3.63, 3.8) is 0 Å². The van der Waals surface area contributed by atoms with E-state index in [9.17, 15) is 15.0 Å². The molecule has 9 heteroatoms. The van der Waals surface area contributed by atoms with Gasteiger partial charge in [-0.2, -0.15) is 0 Å². The topological polar surface area (TPSA) is 133 Å². The summed E-state index contributed by atoms with van der Waals surface area (Å²) in [6.07, 6.45) is -0.675. The second kappa shape index (κ2) is 4.35. The second-order valence-corrected chi connectivity index (χ2v) is 4.94. The minimum atomic E-state index is -1.65. The highest BCUT2D eigenvalue weighted by Crippen LogP contribution is 2.38. The fourth-order valence-corrected chi connectivity index (χ4v) is 2.42. The van der Waals surface area contributed by atoms with E-state index in [0.717, 1.165) is 0 Å². The van der Waals surface area contributed by atoms with Crippen molar-refractivity contribution < 1.29 is 20.1 Å². The van der Waals surface area contributed by atoms with Crippen molar-refractivity contribution in [2.75, 3.05) is 6.61 Å². The zero-order chi connectivity index (χ0) is 14.5. The zero-order valence-electron chi connectivity index (χ0n) is 10.6. The van der Waals surface area contributed by atoms with Crippen molar-refractivity contribution in [3.05, 3.63) is 23.0 Å². The van der Waals surface area contributed by atoms with E-state index in [2.05, 4.69) is 15.0 Å². The summed E-state index contributed by atoms with van der Waals surface area (Å²) in [5.41, 5.74) is -1.73. The molecule has 1 fully saturated rings. The molecule has 1 aliphatic heterocycles. The molecule has 0 aromatic carbocycles. The Morgan fingerprint density at radius 2 is 2.30 bits per heavy atom. The Balaban J connectivity index is 2.12. The zero-order valence-corrected chi connectivity index (χ0v) is 10.6. The Hall–Kier alpha value is -1.81. The lowest BCUT2D eigenvalue weighted by molar-refractivity contribution is -0.0950. The Bertz CT molecular complexity index is 693. The van der Waals surface area contributed by atoms with E-state index in [4.69, 9.17) is 9.84 Å². The molecule has 4 atom stereocenters. The number of nitrogens with one attached hydrogen (secondary N) is 1. The van der Waals surface area contributed by atoms with Gasteiger partial charge in [-0.05, 0) is 6.92 Å². The molecule has 0 radical (unpaired) electrons. The van der Waals surface area contributed by atoms with Crippen molar-refractivity contribution >= 4 is 11.2 Å². The summed E-state index contributed by atoms with van der Waals surface area (Å²) in [6, 6.07) is 0. The van der Waals surface area contributed by atoms with Crippen LogP contribution in [0.4, 0.5) is 0 Å². The Morgan fingerprint density at radius 3 is 2.95 bits per heavy atom. The van der Waals surface area contributed by atoms with E-state index in [1.807, 2.05) is 0 Å². The maximum Gasteiger partial charge on any atom is 0.278 e. The summed E-state index contributed by atoms with van der Waals surface area (Å²) in [5.74, 6) is 0. The third kappa shape index (κ3) is 1.68. The van der Waals surface area contributed by atoms with E-state index < -0.39 is 36.2 Å². The van der Waals surface area contributed by atoms with Crippen LogP contribution in [0.25, 0.3) is 11.2 Å². The Labute approximate surface area is 112 Å². The number of fused-ring (bicyclic) bond motifs is 1. The van der Waals surface area contributed by atoms with Gasteiger partial charge in [-0.3, -0.25) is 9.36 Å². The van der Waals surface area contributed by atoms with Gasteiger partial charge in [-0.1, -0.05) is 0 Å². The van der Waals surface area contributed by atoms with Crippen LogP contribution in [-0.2, 0) is 4.74 Å². The lowest BCUT2D eigenvalue weighted by Gasteiger charge is -2.27. The van der Waals surface area contributed by atoms with Crippen LogP contribution in [0, 0.1) is 0 Å². The van der Waals surface area contributed by atoms with Crippen molar-refractivity contribution in [3.8, 4) is 0 Å². The number of aliphatic hydroxyl groups excluding tert-OH is 2. The van der Waals surface area contributed by atoms with Gasteiger partial charge in [0.1, 0.15) is 17.8 Å². The highest BCUT2D eigenvalue weighted by Gasteiger charge is 2.53. The fraction of sp³-hybridized carbons (Fsp3) is 0.545. The number of nitrogens with zero attached hydrogens (tertiary/aromatic N) is 3. The maximum atomic E-state index is 11.6. The molecule has 0 aliphatic carbocycles. The molecule has 2 aromatic heterocycles. The van der Waals surface area contributed by atoms with Crippen LogP contribution in [0.1, 0.15) is 13.2 Å². The van der Waals surface area contributed by atoms with Crippen molar-refractivity contribution in [2.24, 2.45) is 0 Å². The molecule has 20 heavy (non-hydrogen) atoms. The molecule has 3 rings (SSSR count). The molecule has 0 saturated carbocycles. The second-order valence-electron chi connectivity index (χ2n) is 4.94. The number of ether oxygens (including phenoxy) is 1. The van der Waals surface area contributed by atoms with Gasteiger partial charge in [0.15, 0.2) is 17.4 Å². The largest absolute Gasteiger partial charge is 0.394 e. The third-order valence-corrected chi connectivity index (χ3v) is 3.55. The molecule has 9 nitrogen and oxygen atoms in total. The minimum Gasteiger partial charge on any atom is -0.394 e. The van der Waals surface area contributed by atoms with Crippen molar-refractivity contribution in [1.82, 2.24) is 19.5 Å². The van der Waals surface area contributed by atoms with Crippen LogP contribution in [0.2, 0.25) is 0 Å². The van der Waals surface area contributed by atoms with E-state index in [1.54, 1.807) is 0 Å². The lowest BCUT2D eigenvalue weighted by atomic mass is 9.96. The van der Waals surface area contributed by atoms with Crippen LogP contribution in [0.15, 0.2) is 17.4 Å². The molecule has 0 amide bonds. The van der Waals surface area contributed by atoms with Crippen LogP contribution >= 0.6 is 0 Å². The van der Waals surface area contributed by atoms with Gasteiger partial charge in [0, 0.05) is 0 Å². The first-order valence-electron chi connectivity index (χ1n) is 6.03. The average Bonchev–Trinajstić information content (AvgIpc) is 2.92. The molecule has 3 heterocycles. The monoisotopic (exact) mass is 282 g/mol. The molecule has 0 bridgehead atoms. The molecule has 1 aliphatic rings. The van der Waals surface area contributed by atoms with Crippen molar-refractivity contribution in [2.45, 2.75) is 31.0 Å². The van der Waals surface area contributed by atoms with Crippen molar-refractivity contribution in [1.29, 1.82) is 0 Å². The Kier molecular flexibility index (Phi) is 2.87. The SMILES string of the molecule is C[C@@]1(O)C(O)C(CO)OC1n1cnc2c(=O)[nH]cnc21. The number of aromatic nitrogens is 4. The van der Waals surface area contributed by atoms with E-state index in [-0.39, 0.29) is 11.2 Å². The number of hydrogen-bond acceptors (Lipinski definition) is 7. The van der Waals surface area contributed by atoms with Crippen LogP contribution in [-0.4, -0.2) is 59.3 Å². The van der Waals surface area contributed by atoms with E-state index in [1.165, 1.54) is 24.1 Å². The highest BCUT2D eigenvalue weighted by molar-refractivity contribution is 5.68. The molecule has 2 aromatic rings. The maximum absolute atomic E-state index is 11.6. The number of H-pyrrole nitrogens is 1. The molecular formula is C11H14N4O5. The lowest BCUT2D eigenvalue weighted by Crippen LogP contribution is -2.44. The molecule has 3 unspecified atom stereocenters. The minimum absolute atomic E-state index is 0.105. The average molecular weight is 282 g/mol. The standard InChI is InChI=1S/C11H14N4O5/c1-11(19)7(17)5(2-16)20-10(11)15-4-14-6-8(15)12-3-13-9(6)18/h3-5,7,10,16-17,19H,2H2,1H3,(H,12,13,18)/t5?,7?,10?,11-/m1/s1. The first-order valence-corrected chi connectivity index (χ1v) is 6.03. The van der Waals surface area contributed by atoms with E-state index in [0.29, 0.717) is 0 Å². The molecule has 1 saturated heterocycles. The van der Waals surface area contributed by atoms with Gasteiger partial charge in [-0.15, -0.1) is 0 Å². The van der Waals surface area contributed by atoms with Gasteiger partial charge in [-0.25, -0.2) is 9.97 Å². The normalized spacial score (nSPS) is 33.9. The first kappa shape index (κ1) is 13.2. The third-order valence-electron chi connectivity index (χ3n) is 3.55. The summed E-state index contributed by atoms with van der Waals surface area (Å²) in [4.78, 5) is 21.9. The number of imidazole rings is 1. The summed E-state index contributed by atoms with van der Waals surface area (Å²) in [6.45, 7) is 0.950. The molecule has 0 spiro atoms. The smallest absolute Gasteiger partial charge is 0.278 e. The van der Waals surface area contributed by atoms with Crippen LogP contribution in [0.3, 0.4) is 0 Å². The summed E-state index contributed by atoms with van der Waals surface area (Å²) in [5, 5.41) is 29.5. The fourth-order valence-electron chi connectivity index (χ4n) is 2.42. The number of hydrogen-bond donors (Lipinski definition) is 4. The van der Waals surface area contributed by atoms with Gasteiger partial charge < -0.3 is 25.0 Å². The van der Waals surface area contributed by atoms with Gasteiger partial charge in [0.25, 0.3) is 5.56 Å². The molecular weight excluding hydrogens is 268 g/mol. The van der Waals surface area contributed by atoms with E-state index >= 15 is 0 Å². The highest BCUT2D eigenvalue weighted by atomic mass is 16.6. The number of rotatable bonds is 2. The molecule has 108 valence electrons. The first-order chi connectivity index (χ1) is 9.46. The van der Waals surface area contributed by atoms with Gasteiger partial charge >= 0.3 is 0 Å². The van der Waals surface area contributed by atoms with Gasteiger partial charge in [0.05, 0.1) is 19.3 Å². The number of aromatic amines is 1. The summed E-state index contributed by atoms with van der Waals surface area (Å²) >= 11 is 0. The predicted molar refractivity (Wildman–Crippen MR) is 65.8 cm³/mol. The number of aliphatic hydroxyl groups is 3. The summed E-state index contributed by atoms with van der Waals surface area (Å²) < 4.78 is 6.82. The predicted octanol–water partition coefficient (Wildman–Crippen LogP) is -1.88. The van der Waals surface area contributed by atoms with Crippen LogP contribution < -0.4 is 5.56 Å². The van der Waals surface area contributed by atoms with Crippen LogP contribution in [0.5, 0.6) is 0 Å². The Morgan fingerprint density at radius 1 is 1.55 bits per heavy atom. The van der Waals surface area contributed by atoms with Gasteiger partial charge in [0.2, 0.25) is 0 Å². The molecule has 4 N–H and O–H groups in total.